The minimum atomic E-state index is -0.411. The quantitative estimate of drug-likeness (QED) is 0.563. The zero-order chi connectivity index (χ0) is 17.3. The number of aryl methyl sites for hydroxylation is 2. The van der Waals surface area contributed by atoms with E-state index in [1.807, 2.05) is 32.0 Å². The first-order chi connectivity index (χ1) is 11.5. The number of aromatic hydroxyl groups is 1. The molecule has 2 aromatic carbocycles. The average molecular weight is 320 g/mol. The Hall–Kier alpha value is -3.21. The predicted octanol–water partition coefficient (Wildman–Crippen LogP) is 4.64. The Morgan fingerprint density at radius 2 is 1.83 bits per heavy atom. The number of rotatable bonds is 3. The van der Waals surface area contributed by atoms with E-state index < -0.39 is 4.92 Å². The first kappa shape index (κ1) is 15.7. The topological polar surface area (TPSA) is 76.3 Å². The van der Waals surface area contributed by atoms with E-state index in [1.54, 1.807) is 30.4 Å². The molecule has 5 heteroatoms. The molecule has 0 atom stereocenters. The highest BCUT2D eigenvalue weighted by atomic mass is 16.6. The van der Waals surface area contributed by atoms with Gasteiger partial charge in [0.15, 0.2) is 0 Å². The molecule has 0 radical (unpaired) electrons. The molecule has 0 saturated heterocycles. The molecule has 0 aliphatic heterocycles. The summed E-state index contributed by atoms with van der Waals surface area (Å²) in [4.78, 5) is 15.1. The lowest BCUT2D eigenvalue weighted by Gasteiger charge is -2.08. The number of aromatic nitrogens is 1. The summed E-state index contributed by atoms with van der Waals surface area (Å²) in [6.07, 6.45) is 3.37. The van der Waals surface area contributed by atoms with Crippen molar-refractivity contribution >= 4 is 28.7 Å². The number of hydrogen-bond acceptors (Lipinski definition) is 4. The maximum atomic E-state index is 11.1. The molecule has 120 valence electrons. The van der Waals surface area contributed by atoms with Gasteiger partial charge in [0.1, 0.15) is 11.3 Å². The van der Waals surface area contributed by atoms with Gasteiger partial charge in [0.2, 0.25) is 0 Å². The van der Waals surface area contributed by atoms with Crippen LogP contribution in [0.5, 0.6) is 5.75 Å². The molecule has 0 amide bonds. The van der Waals surface area contributed by atoms with Gasteiger partial charge >= 0.3 is 0 Å². The number of pyridine rings is 1. The maximum absolute atomic E-state index is 11.1. The fourth-order valence-electron chi connectivity index (χ4n) is 2.69. The molecule has 1 aromatic heterocycles. The zero-order valence-electron chi connectivity index (χ0n) is 13.4. The van der Waals surface area contributed by atoms with Crippen molar-refractivity contribution in [3.05, 3.63) is 75.0 Å². The maximum Gasteiger partial charge on any atom is 0.276 e. The van der Waals surface area contributed by atoms with Gasteiger partial charge in [0.05, 0.1) is 16.2 Å². The van der Waals surface area contributed by atoms with Crippen LogP contribution in [0.15, 0.2) is 42.5 Å². The fraction of sp³-hybridized carbons (Fsp3) is 0.105. The minimum Gasteiger partial charge on any atom is -0.505 e. The first-order valence-corrected chi connectivity index (χ1v) is 7.49. The summed E-state index contributed by atoms with van der Waals surface area (Å²) in [5.74, 6) is 0.163. The number of fused-ring (bicyclic) bond motifs is 1. The van der Waals surface area contributed by atoms with Crippen LogP contribution in [0.4, 0.5) is 5.69 Å². The van der Waals surface area contributed by atoms with E-state index in [2.05, 4.69) is 4.98 Å². The van der Waals surface area contributed by atoms with Gasteiger partial charge in [0, 0.05) is 11.5 Å². The van der Waals surface area contributed by atoms with Crippen LogP contribution in [0.25, 0.3) is 23.1 Å². The Bertz CT molecular complexity index is 978. The highest BCUT2D eigenvalue weighted by molar-refractivity contribution is 5.89. The van der Waals surface area contributed by atoms with Crippen LogP contribution >= 0.6 is 0 Å². The van der Waals surface area contributed by atoms with Crippen LogP contribution in [-0.4, -0.2) is 15.0 Å². The van der Waals surface area contributed by atoms with Crippen molar-refractivity contribution in [2.45, 2.75) is 13.8 Å². The summed E-state index contributed by atoms with van der Waals surface area (Å²) in [7, 11) is 0. The molecule has 1 N–H and O–H groups in total. The highest BCUT2D eigenvalue weighted by Gasteiger charge is 2.10. The number of nitrogens with zero attached hydrogens (tertiary/aromatic N) is 2. The number of phenolic OH excluding ortho intramolecular Hbond substituents is 1. The van der Waals surface area contributed by atoms with Gasteiger partial charge in [-0.05, 0) is 49.3 Å². The summed E-state index contributed by atoms with van der Waals surface area (Å²) < 4.78 is 0. The number of para-hydroxylation sites is 1. The summed E-state index contributed by atoms with van der Waals surface area (Å²) in [6, 6.07) is 12.2. The van der Waals surface area contributed by atoms with E-state index in [4.69, 9.17) is 0 Å². The van der Waals surface area contributed by atoms with Gasteiger partial charge in [-0.1, -0.05) is 24.3 Å². The van der Waals surface area contributed by atoms with Crippen molar-refractivity contribution in [3.63, 3.8) is 0 Å². The second-order valence-corrected chi connectivity index (χ2v) is 5.64. The number of nitro groups is 1. The number of phenols is 1. The van der Waals surface area contributed by atoms with E-state index in [0.717, 1.165) is 16.5 Å². The Morgan fingerprint density at radius 3 is 2.58 bits per heavy atom. The SMILES string of the molecule is Cc1cc(C)c2ccc(/C=C/c3ccccc3[N+](=O)[O-])nc2c1O. The third kappa shape index (κ3) is 2.84. The van der Waals surface area contributed by atoms with Crippen molar-refractivity contribution < 1.29 is 10.0 Å². The molecule has 1 heterocycles. The molecule has 0 aliphatic carbocycles. The largest absolute Gasteiger partial charge is 0.505 e. The second kappa shape index (κ2) is 6.12. The van der Waals surface area contributed by atoms with E-state index in [1.165, 1.54) is 6.07 Å². The van der Waals surface area contributed by atoms with Crippen LogP contribution in [0.1, 0.15) is 22.4 Å². The molecule has 0 aliphatic rings. The van der Waals surface area contributed by atoms with Crippen molar-refractivity contribution in [2.24, 2.45) is 0 Å². The van der Waals surface area contributed by atoms with Crippen LogP contribution < -0.4 is 0 Å². The lowest BCUT2D eigenvalue weighted by atomic mass is 10.0. The van der Waals surface area contributed by atoms with Gasteiger partial charge in [-0.15, -0.1) is 0 Å². The van der Waals surface area contributed by atoms with Gasteiger partial charge < -0.3 is 5.11 Å². The summed E-state index contributed by atoms with van der Waals surface area (Å²) in [5, 5.41) is 22.2. The fourth-order valence-corrected chi connectivity index (χ4v) is 2.69. The lowest BCUT2D eigenvalue weighted by molar-refractivity contribution is -0.385. The summed E-state index contributed by atoms with van der Waals surface area (Å²) in [5.41, 5.74) is 3.53. The molecule has 0 unspecified atom stereocenters. The normalized spacial score (nSPS) is 11.2. The Balaban J connectivity index is 2.05. The molecule has 3 rings (SSSR count). The first-order valence-electron chi connectivity index (χ1n) is 7.49. The van der Waals surface area contributed by atoms with E-state index >= 15 is 0 Å². The molecule has 24 heavy (non-hydrogen) atoms. The van der Waals surface area contributed by atoms with Crippen LogP contribution in [-0.2, 0) is 0 Å². The molecule has 0 saturated carbocycles. The van der Waals surface area contributed by atoms with Crippen LogP contribution in [0.3, 0.4) is 0 Å². The van der Waals surface area contributed by atoms with Crippen molar-refractivity contribution in [1.29, 1.82) is 0 Å². The predicted molar refractivity (Wildman–Crippen MR) is 94.9 cm³/mol. The molecule has 3 aromatic rings. The van der Waals surface area contributed by atoms with Gasteiger partial charge in [-0.25, -0.2) is 4.98 Å². The molecule has 0 fully saturated rings. The average Bonchev–Trinajstić information content (AvgIpc) is 2.58. The molecular weight excluding hydrogens is 304 g/mol. The van der Waals surface area contributed by atoms with E-state index in [-0.39, 0.29) is 11.4 Å². The Morgan fingerprint density at radius 1 is 1.08 bits per heavy atom. The molecule has 0 spiro atoms. The number of hydrogen-bond donors (Lipinski definition) is 1. The smallest absolute Gasteiger partial charge is 0.276 e. The third-order valence-electron chi connectivity index (χ3n) is 3.94. The zero-order valence-corrected chi connectivity index (χ0v) is 13.4. The molecule has 0 bridgehead atoms. The highest BCUT2D eigenvalue weighted by Crippen LogP contribution is 2.30. The van der Waals surface area contributed by atoms with Crippen molar-refractivity contribution in [3.8, 4) is 5.75 Å². The standard InChI is InChI=1S/C19H16N2O3/c1-12-11-13(2)19(22)18-16(12)10-9-15(20-18)8-7-14-5-3-4-6-17(14)21(23)24/h3-11,22H,1-2H3/b8-7+. The molecule has 5 nitrogen and oxygen atoms in total. The van der Waals surface area contributed by atoms with Gasteiger partial charge in [-0.2, -0.15) is 0 Å². The van der Waals surface area contributed by atoms with Gasteiger partial charge in [-0.3, -0.25) is 10.1 Å². The van der Waals surface area contributed by atoms with Crippen LogP contribution in [0, 0.1) is 24.0 Å². The third-order valence-corrected chi connectivity index (χ3v) is 3.94. The lowest BCUT2D eigenvalue weighted by Crippen LogP contribution is -1.91. The van der Waals surface area contributed by atoms with Crippen molar-refractivity contribution in [2.75, 3.05) is 0 Å². The monoisotopic (exact) mass is 320 g/mol. The van der Waals surface area contributed by atoms with Crippen LogP contribution in [0.2, 0.25) is 0 Å². The Kier molecular flexibility index (Phi) is 4.00. The Labute approximate surface area is 139 Å². The second-order valence-electron chi connectivity index (χ2n) is 5.64. The number of benzene rings is 2. The van der Waals surface area contributed by atoms with E-state index in [9.17, 15) is 15.2 Å². The summed E-state index contributed by atoms with van der Waals surface area (Å²) >= 11 is 0. The number of nitro benzene ring substituents is 1. The van der Waals surface area contributed by atoms with E-state index in [0.29, 0.717) is 16.8 Å². The van der Waals surface area contributed by atoms with Crippen molar-refractivity contribution in [1.82, 2.24) is 4.98 Å². The molecular formula is C19H16N2O3. The summed E-state index contributed by atoms with van der Waals surface area (Å²) in [6.45, 7) is 3.80. The minimum absolute atomic E-state index is 0.0454. The van der Waals surface area contributed by atoms with Gasteiger partial charge in [0.25, 0.3) is 5.69 Å².